The van der Waals surface area contributed by atoms with E-state index >= 15 is 0 Å². The monoisotopic (exact) mass is 269 g/mol. The molecule has 0 aliphatic carbocycles. The fraction of sp³-hybridized carbons (Fsp3) is 0.412. The standard InChI is InChI=1S/C17H23N3/c1-13-3-4-15-12-16(6-5-14(15)11-13)17(18-2)20-9-7-19-8-10-20/h3-6,11-12,17-19H,7-10H2,1-2H3. The predicted molar refractivity (Wildman–Crippen MR) is 84.9 cm³/mol. The third-order valence-electron chi connectivity index (χ3n) is 4.13. The molecule has 2 aromatic carbocycles. The first-order valence-corrected chi connectivity index (χ1v) is 7.40. The van der Waals surface area contributed by atoms with E-state index in [1.54, 1.807) is 0 Å². The highest BCUT2D eigenvalue weighted by Gasteiger charge is 2.20. The summed E-state index contributed by atoms with van der Waals surface area (Å²) in [6.07, 6.45) is 0.308. The van der Waals surface area contributed by atoms with E-state index in [4.69, 9.17) is 0 Å². The van der Waals surface area contributed by atoms with E-state index in [2.05, 4.69) is 58.9 Å². The van der Waals surface area contributed by atoms with Crippen LogP contribution in [0.2, 0.25) is 0 Å². The number of nitrogens with one attached hydrogen (secondary N) is 2. The number of rotatable bonds is 3. The van der Waals surface area contributed by atoms with Crippen molar-refractivity contribution in [3.63, 3.8) is 0 Å². The molecule has 0 bridgehead atoms. The van der Waals surface area contributed by atoms with Gasteiger partial charge >= 0.3 is 0 Å². The number of benzene rings is 2. The van der Waals surface area contributed by atoms with Gasteiger partial charge in [-0.2, -0.15) is 0 Å². The first-order chi connectivity index (χ1) is 9.78. The minimum Gasteiger partial charge on any atom is -0.314 e. The molecule has 0 spiro atoms. The quantitative estimate of drug-likeness (QED) is 0.895. The second kappa shape index (κ2) is 5.92. The predicted octanol–water partition coefficient (Wildman–Crippen LogP) is 2.27. The van der Waals surface area contributed by atoms with Gasteiger partial charge in [0.05, 0.1) is 6.17 Å². The van der Waals surface area contributed by atoms with Gasteiger partial charge in [0.2, 0.25) is 0 Å². The average molecular weight is 269 g/mol. The van der Waals surface area contributed by atoms with E-state index < -0.39 is 0 Å². The normalized spacial score (nSPS) is 18.3. The Bertz CT molecular complexity index is 588. The minimum atomic E-state index is 0.308. The zero-order valence-electron chi connectivity index (χ0n) is 12.3. The molecule has 3 nitrogen and oxygen atoms in total. The summed E-state index contributed by atoms with van der Waals surface area (Å²) in [5, 5.41) is 9.52. The van der Waals surface area contributed by atoms with Crippen LogP contribution in [-0.2, 0) is 0 Å². The van der Waals surface area contributed by atoms with E-state index in [0.717, 1.165) is 26.2 Å². The van der Waals surface area contributed by atoms with Crippen molar-refractivity contribution in [2.24, 2.45) is 0 Å². The van der Waals surface area contributed by atoms with Crippen molar-refractivity contribution in [3.05, 3.63) is 47.5 Å². The summed E-state index contributed by atoms with van der Waals surface area (Å²) >= 11 is 0. The van der Waals surface area contributed by atoms with E-state index in [1.165, 1.54) is 21.9 Å². The molecule has 3 heteroatoms. The molecule has 0 amide bonds. The Hall–Kier alpha value is -1.42. The van der Waals surface area contributed by atoms with Crippen molar-refractivity contribution in [2.75, 3.05) is 33.2 Å². The lowest BCUT2D eigenvalue weighted by Gasteiger charge is -2.35. The average Bonchev–Trinajstić information content (AvgIpc) is 2.49. The minimum absolute atomic E-state index is 0.308. The Morgan fingerprint density at radius 2 is 1.75 bits per heavy atom. The SMILES string of the molecule is CNC(c1ccc2cc(C)ccc2c1)N1CCNCC1. The van der Waals surface area contributed by atoms with Gasteiger partial charge in [-0.3, -0.25) is 4.90 Å². The Morgan fingerprint density at radius 1 is 1.05 bits per heavy atom. The highest BCUT2D eigenvalue weighted by Crippen LogP contribution is 2.23. The van der Waals surface area contributed by atoms with Gasteiger partial charge < -0.3 is 10.6 Å². The molecule has 1 atom stereocenters. The van der Waals surface area contributed by atoms with Crippen molar-refractivity contribution in [1.29, 1.82) is 0 Å². The van der Waals surface area contributed by atoms with Gasteiger partial charge in [0.1, 0.15) is 0 Å². The summed E-state index contributed by atoms with van der Waals surface area (Å²) in [5.74, 6) is 0. The molecule has 3 rings (SSSR count). The number of hydrogen-bond acceptors (Lipinski definition) is 3. The van der Waals surface area contributed by atoms with E-state index in [-0.39, 0.29) is 0 Å². The first-order valence-electron chi connectivity index (χ1n) is 7.40. The number of fused-ring (bicyclic) bond motifs is 1. The highest BCUT2D eigenvalue weighted by molar-refractivity contribution is 5.83. The number of piperazine rings is 1. The molecular weight excluding hydrogens is 246 g/mol. The first kappa shape index (κ1) is 13.6. The zero-order chi connectivity index (χ0) is 13.9. The molecule has 2 N–H and O–H groups in total. The summed E-state index contributed by atoms with van der Waals surface area (Å²) < 4.78 is 0. The van der Waals surface area contributed by atoms with Gasteiger partial charge in [0, 0.05) is 26.2 Å². The molecule has 0 radical (unpaired) electrons. The molecule has 0 aromatic heterocycles. The van der Waals surface area contributed by atoms with E-state index in [1.807, 2.05) is 7.05 Å². The third kappa shape index (κ3) is 2.70. The Morgan fingerprint density at radius 3 is 2.50 bits per heavy atom. The Kier molecular flexibility index (Phi) is 4.01. The van der Waals surface area contributed by atoms with E-state index in [9.17, 15) is 0 Å². The van der Waals surface area contributed by atoms with E-state index in [0.29, 0.717) is 6.17 Å². The lowest BCUT2D eigenvalue weighted by atomic mass is 10.0. The summed E-state index contributed by atoms with van der Waals surface area (Å²) in [6, 6.07) is 13.5. The lowest BCUT2D eigenvalue weighted by molar-refractivity contribution is 0.153. The van der Waals surface area contributed by atoms with Crippen LogP contribution in [0, 0.1) is 6.92 Å². The van der Waals surface area contributed by atoms with Gasteiger partial charge in [0.15, 0.2) is 0 Å². The Labute approximate surface area is 121 Å². The van der Waals surface area contributed by atoms with Crippen LogP contribution in [0.3, 0.4) is 0 Å². The molecule has 1 aliphatic rings. The molecule has 0 saturated carbocycles. The number of nitrogens with zero attached hydrogens (tertiary/aromatic N) is 1. The smallest absolute Gasteiger partial charge is 0.0859 e. The molecular formula is C17H23N3. The summed E-state index contributed by atoms with van der Waals surface area (Å²) in [5.41, 5.74) is 2.67. The van der Waals surface area contributed by atoms with Gasteiger partial charge in [-0.1, -0.05) is 35.9 Å². The number of hydrogen-bond donors (Lipinski definition) is 2. The van der Waals surface area contributed by atoms with Crippen LogP contribution in [-0.4, -0.2) is 38.1 Å². The topological polar surface area (TPSA) is 27.3 Å². The summed E-state index contributed by atoms with van der Waals surface area (Å²) in [4.78, 5) is 2.51. The molecule has 1 aliphatic heterocycles. The maximum Gasteiger partial charge on any atom is 0.0859 e. The maximum absolute atomic E-state index is 3.46. The van der Waals surface area contributed by atoms with Crippen LogP contribution in [0.25, 0.3) is 10.8 Å². The fourth-order valence-electron chi connectivity index (χ4n) is 3.05. The van der Waals surface area contributed by atoms with Gasteiger partial charge in [0.25, 0.3) is 0 Å². The maximum atomic E-state index is 3.46. The summed E-state index contributed by atoms with van der Waals surface area (Å²) in [6.45, 7) is 6.48. The Balaban J connectivity index is 1.92. The van der Waals surface area contributed by atoms with Crippen LogP contribution in [0.15, 0.2) is 36.4 Å². The molecule has 1 unspecified atom stereocenters. The van der Waals surface area contributed by atoms with Crippen LogP contribution in [0.1, 0.15) is 17.3 Å². The van der Waals surface area contributed by atoms with Gasteiger partial charge in [-0.25, -0.2) is 0 Å². The van der Waals surface area contributed by atoms with Crippen LogP contribution >= 0.6 is 0 Å². The molecule has 1 heterocycles. The van der Waals surface area contributed by atoms with Gasteiger partial charge in [-0.05, 0) is 36.4 Å². The van der Waals surface area contributed by atoms with Crippen LogP contribution in [0.5, 0.6) is 0 Å². The molecule has 2 aromatic rings. The zero-order valence-corrected chi connectivity index (χ0v) is 12.3. The molecule has 106 valence electrons. The fourth-order valence-corrected chi connectivity index (χ4v) is 3.05. The number of aryl methyl sites for hydroxylation is 1. The van der Waals surface area contributed by atoms with Crippen LogP contribution < -0.4 is 10.6 Å². The summed E-state index contributed by atoms with van der Waals surface area (Å²) in [7, 11) is 2.05. The van der Waals surface area contributed by atoms with Crippen molar-refractivity contribution in [1.82, 2.24) is 15.5 Å². The molecule has 20 heavy (non-hydrogen) atoms. The third-order valence-corrected chi connectivity index (χ3v) is 4.13. The van der Waals surface area contributed by atoms with Crippen molar-refractivity contribution in [3.8, 4) is 0 Å². The lowest BCUT2D eigenvalue weighted by Crippen LogP contribution is -2.48. The van der Waals surface area contributed by atoms with Gasteiger partial charge in [-0.15, -0.1) is 0 Å². The molecule has 1 saturated heterocycles. The van der Waals surface area contributed by atoms with Crippen molar-refractivity contribution in [2.45, 2.75) is 13.1 Å². The van der Waals surface area contributed by atoms with Crippen molar-refractivity contribution >= 4 is 10.8 Å². The highest BCUT2D eigenvalue weighted by atomic mass is 15.3. The van der Waals surface area contributed by atoms with Crippen LogP contribution in [0.4, 0.5) is 0 Å². The second-order valence-corrected chi connectivity index (χ2v) is 5.59. The molecule has 1 fully saturated rings. The van der Waals surface area contributed by atoms with Crippen molar-refractivity contribution < 1.29 is 0 Å². The second-order valence-electron chi connectivity index (χ2n) is 5.59. The largest absolute Gasteiger partial charge is 0.314 e.